The van der Waals surface area contributed by atoms with Crippen LogP contribution in [0.4, 0.5) is 11.4 Å². The lowest BCUT2D eigenvalue weighted by Gasteiger charge is -2.22. The van der Waals surface area contributed by atoms with Crippen molar-refractivity contribution in [3.8, 4) is 6.07 Å². The normalized spacial score (nSPS) is 14.8. The highest BCUT2D eigenvalue weighted by Crippen LogP contribution is 2.26. The first-order valence-corrected chi connectivity index (χ1v) is 8.47. The first-order valence-electron chi connectivity index (χ1n) is 8.47. The quantitative estimate of drug-likeness (QED) is 0.799. The fraction of sp³-hybridized carbons (Fsp3) is 0.300. The monoisotopic (exact) mass is 350 g/mol. The van der Waals surface area contributed by atoms with E-state index < -0.39 is 0 Å². The van der Waals surface area contributed by atoms with Crippen molar-refractivity contribution < 1.29 is 9.59 Å². The van der Waals surface area contributed by atoms with Gasteiger partial charge in [-0.25, -0.2) is 4.99 Å². The Morgan fingerprint density at radius 1 is 1.35 bits per heavy atom. The number of hydrogen-bond acceptors (Lipinski definition) is 5. The Balaban J connectivity index is 2.27. The number of aliphatic imine (C=N–C) groups is 1. The average molecular weight is 350 g/mol. The minimum atomic E-state index is -0.295. The zero-order valence-electron chi connectivity index (χ0n) is 15.2. The van der Waals surface area contributed by atoms with Gasteiger partial charge in [0.2, 0.25) is 11.7 Å². The number of ketones is 1. The van der Waals surface area contributed by atoms with E-state index in [2.05, 4.69) is 28.2 Å². The maximum atomic E-state index is 11.8. The number of amides is 1. The number of rotatable bonds is 6. The predicted molar refractivity (Wildman–Crippen MR) is 102 cm³/mol. The summed E-state index contributed by atoms with van der Waals surface area (Å²) < 4.78 is 0. The summed E-state index contributed by atoms with van der Waals surface area (Å²) in [6.07, 6.45) is 5.08. The number of nitrogens with zero attached hydrogens (tertiary/aromatic N) is 3. The molecule has 134 valence electrons. The van der Waals surface area contributed by atoms with E-state index in [1.54, 1.807) is 12.2 Å². The Morgan fingerprint density at radius 3 is 2.73 bits per heavy atom. The Morgan fingerprint density at radius 2 is 2.12 bits per heavy atom. The highest BCUT2D eigenvalue weighted by molar-refractivity contribution is 6.20. The third-order valence-corrected chi connectivity index (χ3v) is 3.94. The summed E-state index contributed by atoms with van der Waals surface area (Å²) in [5, 5.41) is 11.3. The number of allylic oxidation sites excluding steroid dienone is 3. The zero-order chi connectivity index (χ0) is 19.1. The molecule has 0 unspecified atom stereocenters. The van der Waals surface area contributed by atoms with Crippen LogP contribution in [0.2, 0.25) is 0 Å². The number of hydrogen-bond donors (Lipinski definition) is 1. The van der Waals surface area contributed by atoms with Gasteiger partial charge in [0.25, 0.3) is 0 Å². The molecule has 6 nitrogen and oxygen atoms in total. The Hall–Kier alpha value is -3.20. The number of carbonyl (C=O) groups excluding carboxylic acids is 2. The summed E-state index contributed by atoms with van der Waals surface area (Å²) in [4.78, 5) is 29.7. The van der Waals surface area contributed by atoms with Crippen molar-refractivity contribution in [2.45, 2.75) is 27.2 Å². The van der Waals surface area contributed by atoms with Crippen LogP contribution in [-0.4, -0.2) is 30.5 Å². The van der Waals surface area contributed by atoms with Crippen molar-refractivity contribution in [1.82, 2.24) is 5.32 Å². The standard InChI is InChI=1S/C20H22N4O2/c1-4-24(11-5-10-21)17-7-8-18(14(2)12-17)23-16-6-9-20(26)19(13-16)22-15(3)25/h6-9,12-13H,4-5,11H2,1-3H3,(H,22,25). The highest BCUT2D eigenvalue weighted by Gasteiger charge is 2.14. The lowest BCUT2D eigenvalue weighted by atomic mass is 10.1. The number of anilines is 1. The largest absolute Gasteiger partial charge is 0.371 e. The molecule has 0 heterocycles. The molecule has 0 fully saturated rings. The second-order valence-corrected chi connectivity index (χ2v) is 5.93. The van der Waals surface area contributed by atoms with Crippen molar-refractivity contribution >= 4 is 28.8 Å². The summed E-state index contributed by atoms with van der Waals surface area (Å²) in [6.45, 7) is 6.89. The maximum absolute atomic E-state index is 11.8. The zero-order valence-corrected chi connectivity index (χ0v) is 15.2. The number of nitrogens with one attached hydrogen (secondary N) is 1. The van der Waals surface area contributed by atoms with Crippen LogP contribution in [0.25, 0.3) is 0 Å². The summed E-state index contributed by atoms with van der Waals surface area (Å²) >= 11 is 0. The van der Waals surface area contributed by atoms with Crippen LogP contribution in [0.5, 0.6) is 0 Å². The molecule has 0 saturated heterocycles. The van der Waals surface area contributed by atoms with E-state index in [4.69, 9.17) is 5.26 Å². The van der Waals surface area contributed by atoms with Gasteiger partial charge >= 0.3 is 0 Å². The van der Waals surface area contributed by atoms with E-state index in [0.29, 0.717) is 18.7 Å². The number of nitriles is 1. The smallest absolute Gasteiger partial charge is 0.221 e. The average Bonchev–Trinajstić information content (AvgIpc) is 2.60. The van der Waals surface area contributed by atoms with Gasteiger partial charge in [-0.1, -0.05) is 0 Å². The van der Waals surface area contributed by atoms with E-state index in [0.717, 1.165) is 23.5 Å². The highest BCUT2D eigenvalue weighted by atomic mass is 16.2. The van der Waals surface area contributed by atoms with Gasteiger partial charge in [-0.3, -0.25) is 9.59 Å². The molecule has 1 aromatic carbocycles. The predicted octanol–water partition coefficient (Wildman–Crippen LogP) is 2.97. The Kier molecular flexibility index (Phi) is 6.45. The van der Waals surface area contributed by atoms with Crippen LogP contribution >= 0.6 is 0 Å². The topological polar surface area (TPSA) is 85.6 Å². The SMILES string of the molecule is CCN(CCC#N)c1ccc(N=C2C=CC(=O)C(NC(C)=O)=C2)c(C)c1. The van der Waals surface area contributed by atoms with Gasteiger partial charge in [-0.15, -0.1) is 0 Å². The van der Waals surface area contributed by atoms with Gasteiger partial charge < -0.3 is 10.2 Å². The van der Waals surface area contributed by atoms with Gasteiger partial charge in [-0.2, -0.15) is 5.26 Å². The van der Waals surface area contributed by atoms with Crippen molar-refractivity contribution in [3.63, 3.8) is 0 Å². The molecule has 0 aromatic heterocycles. The van der Waals surface area contributed by atoms with Gasteiger partial charge in [-0.05, 0) is 55.8 Å². The van der Waals surface area contributed by atoms with Crippen LogP contribution in [0.3, 0.4) is 0 Å². The molecule has 0 radical (unpaired) electrons. The molecule has 1 N–H and O–H groups in total. The molecule has 1 aromatic rings. The number of carbonyl (C=O) groups is 2. The number of benzene rings is 1. The molecule has 1 aliphatic rings. The molecular weight excluding hydrogens is 328 g/mol. The second-order valence-electron chi connectivity index (χ2n) is 5.93. The molecule has 0 bridgehead atoms. The molecule has 0 spiro atoms. The van der Waals surface area contributed by atoms with Crippen LogP contribution in [0.1, 0.15) is 25.8 Å². The van der Waals surface area contributed by atoms with E-state index in [-0.39, 0.29) is 17.4 Å². The Labute approximate surface area is 153 Å². The first kappa shape index (κ1) is 19.1. The lowest BCUT2D eigenvalue weighted by Crippen LogP contribution is -2.26. The number of aryl methyl sites for hydroxylation is 1. The van der Waals surface area contributed by atoms with Crippen molar-refractivity contribution in [3.05, 3.63) is 47.7 Å². The van der Waals surface area contributed by atoms with Crippen molar-refractivity contribution in [2.75, 3.05) is 18.0 Å². The van der Waals surface area contributed by atoms with Gasteiger partial charge in [0.1, 0.15) is 0 Å². The molecule has 0 saturated carbocycles. The molecule has 1 amide bonds. The van der Waals surface area contributed by atoms with Crippen LogP contribution in [0.15, 0.2) is 47.1 Å². The van der Waals surface area contributed by atoms with Crippen LogP contribution < -0.4 is 10.2 Å². The van der Waals surface area contributed by atoms with Crippen molar-refractivity contribution in [2.24, 2.45) is 4.99 Å². The molecule has 1 aliphatic carbocycles. The lowest BCUT2D eigenvalue weighted by molar-refractivity contribution is -0.120. The third kappa shape index (κ3) is 4.90. The van der Waals surface area contributed by atoms with Crippen molar-refractivity contribution in [1.29, 1.82) is 5.26 Å². The molecule has 0 aliphatic heterocycles. The van der Waals surface area contributed by atoms with E-state index >= 15 is 0 Å². The Bertz CT molecular complexity index is 844. The van der Waals surface area contributed by atoms with E-state index in [1.807, 2.05) is 25.1 Å². The molecule has 2 rings (SSSR count). The third-order valence-electron chi connectivity index (χ3n) is 3.94. The minimum Gasteiger partial charge on any atom is -0.371 e. The van der Waals surface area contributed by atoms with E-state index in [1.165, 1.54) is 13.0 Å². The summed E-state index contributed by atoms with van der Waals surface area (Å²) in [5.74, 6) is -0.542. The fourth-order valence-corrected chi connectivity index (χ4v) is 2.63. The van der Waals surface area contributed by atoms with Gasteiger partial charge in [0.05, 0.1) is 29.6 Å². The molecule has 0 atom stereocenters. The van der Waals surface area contributed by atoms with E-state index in [9.17, 15) is 9.59 Å². The molecular formula is C20H22N4O2. The molecule has 6 heteroatoms. The maximum Gasteiger partial charge on any atom is 0.221 e. The summed E-state index contributed by atoms with van der Waals surface area (Å²) in [6, 6.07) is 8.10. The van der Waals surface area contributed by atoms with Gasteiger partial charge in [0.15, 0.2) is 0 Å². The summed E-state index contributed by atoms with van der Waals surface area (Å²) in [7, 11) is 0. The summed E-state index contributed by atoms with van der Waals surface area (Å²) in [5.41, 5.74) is 3.65. The fourth-order valence-electron chi connectivity index (χ4n) is 2.63. The van der Waals surface area contributed by atoms with Crippen LogP contribution in [-0.2, 0) is 9.59 Å². The molecule has 26 heavy (non-hydrogen) atoms. The minimum absolute atomic E-state index is 0.224. The second kappa shape index (κ2) is 8.77. The first-order chi connectivity index (χ1) is 12.4. The van der Waals surface area contributed by atoms with Gasteiger partial charge in [0, 0.05) is 25.7 Å². The van der Waals surface area contributed by atoms with Crippen LogP contribution in [0, 0.1) is 18.3 Å².